The summed E-state index contributed by atoms with van der Waals surface area (Å²) in [5.41, 5.74) is 1.07. The normalized spacial score (nSPS) is 9.71. The Kier molecular flexibility index (Phi) is 8.01. The highest BCUT2D eigenvalue weighted by atomic mass is 16.5. The van der Waals surface area contributed by atoms with Crippen LogP contribution in [0.3, 0.4) is 0 Å². The topological polar surface area (TPSA) is 21.3 Å². The van der Waals surface area contributed by atoms with E-state index in [9.17, 15) is 0 Å². The van der Waals surface area contributed by atoms with Gasteiger partial charge in [-0.1, -0.05) is 37.0 Å². The number of nitrogens with one attached hydrogen (secondary N) is 1. The second-order valence-corrected chi connectivity index (χ2v) is 3.81. The number of benzene rings is 1. The van der Waals surface area contributed by atoms with Crippen LogP contribution < -0.4 is 5.32 Å². The smallest absolute Gasteiger partial charge is 0.0580 e. The molecular weight excluding hydrogens is 210 g/mol. The first-order valence-electron chi connectivity index (χ1n) is 6.26. The van der Waals surface area contributed by atoms with Gasteiger partial charge in [0.2, 0.25) is 0 Å². The van der Waals surface area contributed by atoms with Gasteiger partial charge in [0.1, 0.15) is 0 Å². The summed E-state index contributed by atoms with van der Waals surface area (Å²) in [6, 6.07) is 10.0. The summed E-state index contributed by atoms with van der Waals surface area (Å²) in [5.74, 6) is 6.21. The highest BCUT2D eigenvalue weighted by Crippen LogP contribution is 1.94. The Morgan fingerprint density at radius 2 is 2.00 bits per heavy atom. The predicted molar refractivity (Wildman–Crippen MR) is 71.9 cm³/mol. The van der Waals surface area contributed by atoms with E-state index in [1.165, 1.54) is 0 Å². The SMILES string of the molecule is CCCOCCCNCC#Cc1ccccc1. The van der Waals surface area contributed by atoms with Crippen molar-refractivity contribution in [3.8, 4) is 11.8 Å². The lowest BCUT2D eigenvalue weighted by atomic mass is 10.2. The van der Waals surface area contributed by atoms with Crippen LogP contribution in [0.5, 0.6) is 0 Å². The fourth-order valence-corrected chi connectivity index (χ4v) is 1.36. The number of hydrogen-bond acceptors (Lipinski definition) is 2. The molecule has 0 aliphatic heterocycles. The third kappa shape index (κ3) is 7.57. The van der Waals surface area contributed by atoms with Gasteiger partial charge >= 0.3 is 0 Å². The summed E-state index contributed by atoms with van der Waals surface area (Å²) in [6.07, 6.45) is 2.14. The Bertz CT molecular complexity index is 337. The Balaban J connectivity index is 1.99. The standard InChI is InChI=1S/C15H21NO/c1-2-13-17-14-7-12-16-11-6-10-15-8-4-3-5-9-15/h3-5,8-9,16H,2,7,11-14H2,1H3. The molecule has 1 aromatic rings. The van der Waals surface area contributed by atoms with Crippen LogP contribution in [0.2, 0.25) is 0 Å². The van der Waals surface area contributed by atoms with Crippen LogP contribution in [0.4, 0.5) is 0 Å². The fraction of sp³-hybridized carbons (Fsp3) is 0.467. The maximum absolute atomic E-state index is 5.38. The zero-order chi connectivity index (χ0) is 12.2. The second kappa shape index (κ2) is 9.89. The molecule has 92 valence electrons. The minimum atomic E-state index is 0.739. The molecule has 1 N–H and O–H groups in total. The average molecular weight is 231 g/mol. The van der Waals surface area contributed by atoms with E-state index >= 15 is 0 Å². The van der Waals surface area contributed by atoms with E-state index in [0.29, 0.717) is 0 Å². The van der Waals surface area contributed by atoms with E-state index in [2.05, 4.69) is 24.1 Å². The molecule has 0 saturated heterocycles. The van der Waals surface area contributed by atoms with Crippen molar-refractivity contribution in [1.29, 1.82) is 0 Å². The van der Waals surface area contributed by atoms with Gasteiger partial charge in [0.05, 0.1) is 6.54 Å². The monoisotopic (exact) mass is 231 g/mol. The van der Waals surface area contributed by atoms with Crippen molar-refractivity contribution < 1.29 is 4.74 Å². The molecule has 1 aromatic carbocycles. The minimum Gasteiger partial charge on any atom is -0.381 e. The molecule has 2 nitrogen and oxygen atoms in total. The highest BCUT2D eigenvalue weighted by Gasteiger charge is 1.87. The van der Waals surface area contributed by atoms with Gasteiger partial charge in [-0.3, -0.25) is 0 Å². The number of rotatable bonds is 7. The predicted octanol–water partition coefficient (Wildman–Crippen LogP) is 2.44. The van der Waals surface area contributed by atoms with Gasteiger partial charge in [0, 0.05) is 18.8 Å². The fourth-order valence-electron chi connectivity index (χ4n) is 1.36. The first kappa shape index (κ1) is 13.8. The summed E-state index contributed by atoms with van der Waals surface area (Å²) in [5, 5.41) is 3.28. The van der Waals surface area contributed by atoms with Gasteiger partial charge in [-0.2, -0.15) is 0 Å². The molecule has 0 aliphatic rings. The van der Waals surface area contributed by atoms with Gasteiger partial charge in [-0.25, -0.2) is 0 Å². The van der Waals surface area contributed by atoms with Crippen molar-refractivity contribution in [2.75, 3.05) is 26.3 Å². The average Bonchev–Trinajstić information content (AvgIpc) is 2.38. The molecule has 1 rings (SSSR count). The minimum absolute atomic E-state index is 0.739. The van der Waals surface area contributed by atoms with Crippen molar-refractivity contribution >= 4 is 0 Å². The quantitative estimate of drug-likeness (QED) is 0.575. The second-order valence-electron chi connectivity index (χ2n) is 3.81. The van der Waals surface area contributed by atoms with Crippen LogP contribution >= 0.6 is 0 Å². The maximum Gasteiger partial charge on any atom is 0.0580 e. The first-order valence-corrected chi connectivity index (χ1v) is 6.26. The van der Waals surface area contributed by atoms with Gasteiger partial charge in [-0.05, 0) is 31.5 Å². The summed E-state index contributed by atoms with van der Waals surface area (Å²) in [6.45, 7) is 5.54. The molecule has 0 heterocycles. The van der Waals surface area contributed by atoms with Crippen LogP contribution in [0.25, 0.3) is 0 Å². The van der Waals surface area contributed by atoms with E-state index in [1.807, 2.05) is 30.3 Å². The molecule has 0 atom stereocenters. The molecule has 0 spiro atoms. The van der Waals surface area contributed by atoms with Crippen LogP contribution in [0, 0.1) is 11.8 Å². The van der Waals surface area contributed by atoms with Gasteiger partial charge < -0.3 is 10.1 Å². The van der Waals surface area contributed by atoms with E-state index in [1.54, 1.807) is 0 Å². The molecule has 0 unspecified atom stereocenters. The van der Waals surface area contributed by atoms with Gasteiger partial charge in [0.25, 0.3) is 0 Å². The zero-order valence-electron chi connectivity index (χ0n) is 10.5. The summed E-state index contributed by atoms with van der Waals surface area (Å²) >= 11 is 0. The van der Waals surface area contributed by atoms with Crippen LogP contribution in [0.1, 0.15) is 25.3 Å². The Morgan fingerprint density at radius 1 is 1.18 bits per heavy atom. The third-order valence-corrected chi connectivity index (χ3v) is 2.21. The Morgan fingerprint density at radius 3 is 2.76 bits per heavy atom. The van der Waals surface area contributed by atoms with Crippen LogP contribution in [0.15, 0.2) is 30.3 Å². The zero-order valence-corrected chi connectivity index (χ0v) is 10.5. The lowest BCUT2D eigenvalue weighted by Gasteiger charge is -2.02. The van der Waals surface area contributed by atoms with Crippen molar-refractivity contribution in [1.82, 2.24) is 5.32 Å². The van der Waals surface area contributed by atoms with Crippen LogP contribution in [-0.4, -0.2) is 26.3 Å². The van der Waals surface area contributed by atoms with E-state index in [-0.39, 0.29) is 0 Å². The highest BCUT2D eigenvalue weighted by molar-refractivity contribution is 5.33. The van der Waals surface area contributed by atoms with E-state index in [4.69, 9.17) is 4.74 Å². The molecule has 0 aromatic heterocycles. The molecule has 0 amide bonds. The Hall–Kier alpha value is -1.30. The Labute approximate surface area is 104 Å². The van der Waals surface area contributed by atoms with Crippen molar-refractivity contribution in [3.05, 3.63) is 35.9 Å². The molecular formula is C15H21NO. The molecule has 0 aliphatic carbocycles. The lowest BCUT2D eigenvalue weighted by molar-refractivity contribution is 0.132. The molecule has 17 heavy (non-hydrogen) atoms. The first-order chi connectivity index (χ1) is 8.43. The molecule has 2 heteroatoms. The van der Waals surface area contributed by atoms with E-state index < -0.39 is 0 Å². The van der Waals surface area contributed by atoms with Crippen molar-refractivity contribution in [3.63, 3.8) is 0 Å². The van der Waals surface area contributed by atoms with E-state index in [0.717, 1.165) is 44.7 Å². The molecule has 0 radical (unpaired) electrons. The summed E-state index contributed by atoms with van der Waals surface area (Å²) < 4.78 is 5.38. The summed E-state index contributed by atoms with van der Waals surface area (Å²) in [4.78, 5) is 0. The van der Waals surface area contributed by atoms with Gasteiger partial charge in [-0.15, -0.1) is 0 Å². The van der Waals surface area contributed by atoms with Crippen molar-refractivity contribution in [2.45, 2.75) is 19.8 Å². The number of ether oxygens (including phenoxy) is 1. The molecule has 0 fully saturated rings. The lowest BCUT2D eigenvalue weighted by Crippen LogP contribution is -2.17. The van der Waals surface area contributed by atoms with Crippen LogP contribution in [-0.2, 0) is 4.74 Å². The number of hydrogen-bond donors (Lipinski definition) is 1. The summed E-state index contributed by atoms with van der Waals surface area (Å²) in [7, 11) is 0. The largest absolute Gasteiger partial charge is 0.381 e. The maximum atomic E-state index is 5.38. The van der Waals surface area contributed by atoms with Gasteiger partial charge in [0.15, 0.2) is 0 Å². The van der Waals surface area contributed by atoms with Crippen molar-refractivity contribution in [2.24, 2.45) is 0 Å². The third-order valence-electron chi connectivity index (χ3n) is 2.21. The molecule has 0 saturated carbocycles. The molecule has 0 bridgehead atoms.